The van der Waals surface area contributed by atoms with Crippen LogP contribution in [-0.4, -0.2) is 67.6 Å². The number of benzene rings is 1. The summed E-state index contributed by atoms with van der Waals surface area (Å²) in [6.07, 6.45) is 2.26. The lowest BCUT2D eigenvalue weighted by Gasteiger charge is -2.24. The van der Waals surface area contributed by atoms with Crippen molar-refractivity contribution in [2.24, 2.45) is 0 Å². The molecule has 2 fully saturated rings. The molecule has 6 nitrogen and oxygen atoms in total. The van der Waals surface area contributed by atoms with Crippen molar-refractivity contribution in [3.8, 4) is 5.75 Å². The third kappa shape index (κ3) is 3.70. The summed E-state index contributed by atoms with van der Waals surface area (Å²) < 4.78 is 10.7. The molecule has 0 aromatic heterocycles. The summed E-state index contributed by atoms with van der Waals surface area (Å²) in [7, 11) is 1.59. The van der Waals surface area contributed by atoms with E-state index < -0.39 is 0 Å². The van der Waals surface area contributed by atoms with Crippen LogP contribution in [0.2, 0.25) is 0 Å². The summed E-state index contributed by atoms with van der Waals surface area (Å²) in [5, 5.41) is 0. The van der Waals surface area contributed by atoms with Crippen LogP contribution in [0.4, 0.5) is 0 Å². The zero-order valence-electron chi connectivity index (χ0n) is 14.1. The second kappa shape index (κ2) is 7.66. The number of hydrogen-bond acceptors (Lipinski definition) is 4. The van der Waals surface area contributed by atoms with Crippen molar-refractivity contribution in [3.63, 3.8) is 0 Å². The summed E-state index contributed by atoms with van der Waals surface area (Å²) in [4.78, 5) is 28.8. The molecule has 1 aromatic rings. The summed E-state index contributed by atoms with van der Waals surface area (Å²) in [5.41, 5.74) is 0.619. The van der Waals surface area contributed by atoms with E-state index in [2.05, 4.69) is 0 Å². The molecule has 2 aliphatic heterocycles. The number of hydrogen-bond donors (Lipinski definition) is 0. The Morgan fingerprint density at radius 3 is 2.67 bits per heavy atom. The van der Waals surface area contributed by atoms with E-state index in [1.807, 2.05) is 21.9 Å². The third-order valence-electron chi connectivity index (χ3n) is 4.62. The lowest BCUT2D eigenvalue weighted by Crippen LogP contribution is -2.41. The lowest BCUT2D eigenvalue weighted by molar-refractivity contribution is -0.140. The van der Waals surface area contributed by atoms with Crippen molar-refractivity contribution in [3.05, 3.63) is 29.8 Å². The molecule has 0 spiro atoms. The first kappa shape index (κ1) is 16.8. The van der Waals surface area contributed by atoms with Gasteiger partial charge in [-0.25, -0.2) is 0 Å². The number of carbonyl (C=O) groups is 2. The molecule has 130 valence electrons. The second-order valence-electron chi connectivity index (χ2n) is 6.20. The van der Waals surface area contributed by atoms with Gasteiger partial charge in [0, 0.05) is 38.3 Å². The van der Waals surface area contributed by atoms with Gasteiger partial charge in [-0.15, -0.1) is 0 Å². The van der Waals surface area contributed by atoms with Gasteiger partial charge < -0.3 is 19.3 Å². The van der Waals surface area contributed by atoms with Crippen LogP contribution < -0.4 is 4.74 Å². The van der Waals surface area contributed by atoms with Crippen molar-refractivity contribution in [1.82, 2.24) is 9.80 Å². The van der Waals surface area contributed by atoms with E-state index in [1.54, 1.807) is 19.2 Å². The number of amides is 2. The summed E-state index contributed by atoms with van der Waals surface area (Å²) >= 11 is 0. The minimum absolute atomic E-state index is 0.0136. The highest BCUT2D eigenvalue weighted by Gasteiger charge is 2.30. The minimum atomic E-state index is -0.286. The summed E-state index contributed by atoms with van der Waals surface area (Å²) in [6, 6.07) is 7.19. The number of nitrogens with zero attached hydrogens (tertiary/aromatic N) is 2. The van der Waals surface area contributed by atoms with E-state index in [4.69, 9.17) is 9.47 Å². The number of carbonyl (C=O) groups excluding carboxylic acids is 2. The molecule has 2 aliphatic rings. The van der Waals surface area contributed by atoms with Gasteiger partial charge in [-0.3, -0.25) is 9.59 Å². The van der Waals surface area contributed by atoms with Gasteiger partial charge >= 0.3 is 0 Å². The molecule has 0 saturated carbocycles. The predicted molar refractivity (Wildman–Crippen MR) is 89.1 cm³/mol. The van der Waals surface area contributed by atoms with E-state index >= 15 is 0 Å². The highest BCUT2D eigenvalue weighted by molar-refractivity contribution is 5.94. The maximum atomic E-state index is 12.7. The van der Waals surface area contributed by atoms with Crippen LogP contribution >= 0.6 is 0 Å². The maximum absolute atomic E-state index is 12.7. The Hall–Kier alpha value is -2.08. The largest absolute Gasteiger partial charge is 0.497 e. The molecule has 2 saturated heterocycles. The monoisotopic (exact) mass is 332 g/mol. The Balaban J connectivity index is 1.62. The standard InChI is InChI=1S/C18H24N2O4/c1-23-15-6-2-5-14(13-15)17(21)19-8-4-9-20(11-10-19)18(22)16-7-3-12-24-16/h2,5-6,13,16H,3-4,7-12H2,1H3. The first-order valence-corrected chi connectivity index (χ1v) is 8.53. The zero-order chi connectivity index (χ0) is 16.9. The molecule has 2 amide bonds. The smallest absolute Gasteiger partial charge is 0.254 e. The quantitative estimate of drug-likeness (QED) is 0.843. The van der Waals surface area contributed by atoms with E-state index in [0.29, 0.717) is 44.1 Å². The Kier molecular flexibility index (Phi) is 5.35. The topological polar surface area (TPSA) is 59.1 Å². The Bertz CT molecular complexity index is 598. The van der Waals surface area contributed by atoms with Crippen LogP contribution in [0.1, 0.15) is 29.6 Å². The van der Waals surface area contributed by atoms with Crippen LogP contribution in [0.5, 0.6) is 5.75 Å². The molecule has 0 bridgehead atoms. The highest BCUT2D eigenvalue weighted by Crippen LogP contribution is 2.18. The van der Waals surface area contributed by atoms with Gasteiger partial charge in [0.25, 0.3) is 11.8 Å². The average Bonchev–Trinajstić information content (AvgIpc) is 3.05. The molecule has 1 atom stereocenters. The third-order valence-corrected chi connectivity index (χ3v) is 4.62. The van der Waals surface area contributed by atoms with Crippen molar-refractivity contribution in [1.29, 1.82) is 0 Å². The molecule has 3 rings (SSSR count). The van der Waals surface area contributed by atoms with Crippen LogP contribution in [-0.2, 0) is 9.53 Å². The van der Waals surface area contributed by atoms with Crippen LogP contribution in [0, 0.1) is 0 Å². The van der Waals surface area contributed by atoms with Gasteiger partial charge in [-0.2, -0.15) is 0 Å². The summed E-state index contributed by atoms with van der Waals surface area (Å²) in [5.74, 6) is 0.731. The van der Waals surface area contributed by atoms with Crippen molar-refractivity contribution in [2.75, 3.05) is 39.9 Å². The van der Waals surface area contributed by atoms with E-state index in [1.165, 1.54) is 0 Å². The SMILES string of the molecule is COc1cccc(C(=O)N2CCCN(C(=O)C3CCCO3)CC2)c1. The molecule has 0 radical (unpaired) electrons. The van der Waals surface area contributed by atoms with Gasteiger partial charge in [0.1, 0.15) is 11.9 Å². The minimum Gasteiger partial charge on any atom is -0.497 e. The second-order valence-corrected chi connectivity index (χ2v) is 6.20. The van der Waals surface area contributed by atoms with Crippen LogP contribution in [0.25, 0.3) is 0 Å². The first-order valence-electron chi connectivity index (χ1n) is 8.53. The fourth-order valence-corrected chi connectivity index (χ4v) is 3.26. The molecule has 24 heavy (non-hydrogen) atoms. The molecule has 0 N–H and O–H groups in total. The number of rotatable bonds is 3. The molecule has 1 unspecified atom stereocenters. The average molecular weight is 332 g/mol. The predicted octanol–water partition coefficient (Wildman–Crippen LogP) is 1.55. The fraction of sp³-hybridized carbons (Fsp3) is 0.556. The van der Waals surface area contributed by atoms with Gasteiger partial charge in [0.15, 0.2) is 0 Å². The van der Waals surface area contributed by atoms with Gasteiger partial charge in [-0.05, 0) is 37.5 Å². The Morgan fingerprint density at radius 1 is 1.12 bits per heavy atom. The number of ether oxygens (including phenoxy) is 2. The maximum Gasteiger partial charge on any atom is 0.254 e. The van der Waals surface area contributed by atoms with E-state index in [9.17, 15) is 9.59 Å². The highest BCUT2D eigenvalue weighted by atomic mass is 16.5. The molecular formula is C18H24N2O4. The zero-order valence-corrected chi connectivity index (χ0v) is 14.1. The van der Waals surface area contributed by atoms with Crippen molar-refractivity contribution < 1.29 is 19.1 Å². The molecule has 1 aromatic carbocycles. The van der Waals surface area contributed by atoms with Crippen molar-refractivity contribution >= 4 is 11.8 Å². The lowest BCUT2D eigenvalue weighted by atomic mass is 10.2. The van der Waals surface area contributed by atoms with E-state index in [0.717, 1.165) is 19.3 Å². The van der Waals surface area contributed by atoms with Crippen LogP contribution in [0.3, 0.4) is 0 Å². The summed E-state index contributed by atoms with van der Waals surface area (Å²) in [6.45, 7) is 3.12. The van der Waals surface area contributed by atoms with Crippen molar-refractivity contribution in [2.45, 2.75) is 25.4 Å². The van der Waals surface area contributed by atoms with Gasteiger partial charge in [0.2, 0.25) is 0 Å². The van der Waals surface area contributed by atoms with Gasteiger partial charge in [-0.1, -0.05) is 6.07 Å². The van der Waals surface area contributed by atoms with Gasteiger partial charge in [0.05, 0.1) is 7.11 Å². The first-order chi connectivity index (χ1) is 11.7. The molecule has 0 aliphatic carbocycles. The Morgan fingerprint density at radius 2 is 1.92 bits per heavy atom. The normalized spacial score (nSPS) is 21.5. The number of methoxy groups -OCH3 is 1. The fourth-order valence-electron chi connectivity index (χ4n) is 3.26. The Labute approximate surface area is 142 Å². The molecule has 2 heterocycles. The van der Waals surface area contributed by atoms with Crippen LogP contribution in [0.15, 0.2) is 24.3 Å². The molecular weight excluding hydrogens is 308 g/mol. The van der Waals surface area contributed by atoms with E-state index in [-0.39, 0.29) is 17.9 Å². The molecule has 6 heteroatoms.